The van der Waals surface area contributed by atoms with Gasteiger partial charge >= 0.3 is 0 Å². The highest BCUT2D eigenvalue weighted by Crippen LogP contribution is 2.33. The number of nitrogens with one attached hydrogen (secondary N) is 1. The first-order valence-electron chi connectivity index (χ1n) is 12.4. The number of hydrogen-bond donors (Lipinski definition) is 1. The lowest BCUT2D eigenvalue weighted by Gasteiger charge is -2.32. The van der Waals surface area contributed by atoms with Gasteiger partial charge in [-0.15, -0.1) is 0 Å². The number of methoxy groups -OCH3 is 2. The van der Waals surface area contributed by atoms with Gasteiger partial charge < -0.3 is 19.7 Å². The maximum atomic E-state index is 14.7. The van der Waals surface area contributed by atoms with Crippen molar-refractivity contribution >= 4 is 28.5 Å². The summed E-state index contributed by atoms with van der Waals surface area (Å²) < 4.78 is 38.5. The maximum Gasteiger partial charge on any atom is 0.274 e. The molecule has 2 heterocycles. The summed E-state index contributed by atoms with van der Waals surface area (Å²) in [5.74, 6) is -3.77. The zero-order valence-electron chi connectivity index (χ0n) is 21.4. The number of nitrogens with zero attached hydrogens (tertiary/aromatic N) is 3. The summed E-state index contributed by atoms with van der Waals surface area (Å²) in [4.78, 5) is 36.3. The largest absolute Gasteiger partial charge is 0.494 e. The van der Waals surface area contributed by atoms with Gasteiger partial charge in [-0.1, -0.05) is 24.3 Å². The molecule has 1 aliphatic rings. The standard InChI is InChI=1S/C29H26F2N4O4/c1-38-24-15-20(25(30)27(39-2)26(24)31)28(36)33-19-9-7-17(8-10-19)18-11-13-35(14-12-18)29(37)23-16-32-21-5-3-4-6-22(21)34-23/h3-10,15-16,18H,11-14H2,1-2H3,(H,33,36). The summed E-state index contributed by atoms with van der Waals surface area (Å²) in [5, 5.41) is 2.63. The number of aromatic nitrogens is 2. The number of carbonyl (C=O) groups excluding carboxylic acids is 2. The van der Waals surface area contributed by atoms with Crippen LogP contribution in [0.5, 0.6) is 11.5 Å². The molecule has 1 aromatic heterocycles. The lowest BCUT2D eigenvalue weighted by molar-refractivity contribution is 0.0707. The molecular formula is C29H26F2N4O4. The van der Waals surface area contributed by atoms with Crippen LogP contribution in [0.3, 0.4) is 0 Å². The van der Waals surface area contributed by atoms with Crippen LogP contribution in [0.15, 0.2) is 60.8 Å². The molecule has 0 unspecified atom stereocenters. The molecule has 4 aromatic rings. The average Bonchev–Trinajstić information content (AvgIpc) is 2.97. The van der Waals surface area contributed by atoms with Crippen molar-refractivity contribution in [3.63, 3.8) is 0 Å². The van der Waals surface area contributed by atoms with Crippen LogP contribution in [0.4, 0.5) is 14.5 Å². The van der Waals surface area contributed by atoms with Crippen LogP contribution in [0.1, 0.15) is 45.2 Å². The molecule has 2 amide bonds. The molecule has 0 radical (unpaired) electrons. The predicted molar refractivity (Wildman–Crippen MR) is 141 cm³/mol. The van der Waals surface area contributed by atoms with Crippen molar-refractivity contribution in [1.82, 2.24) is 14.9 Å². The highest BCUT2D eigenvalue weighted by Gasteiger charge is 2.26. The Kier molecular flexibility index (Phi) is 7.36. The molecule has 39 heavy (non-hydrogen) atoms. The first kappa shape index (κ1) is 26.0. The Bertz CT molecular complexity index is 1540. The number of fused-ring (bicyclic) bond motifs is 1. The lowest BCUT2D eigenvalue weighted by Crippen LogP contribution is -2.38. The molecule has 0 atom stereocenters. The van der Waals surface area contributed by atoms with Crippen LogP contribution < -0.4 is 14.8 Å². The third-order valence-electron chi connectivity index (χ3n) is 6.89. The van der Waals surface area contributed by atoms with Crippen molar-refractivity contribution in [2.45, 2.75) is 18.8 Å². The van der Waals surface area contributed by atoms with Gasteiger partial charge in [0.2, 0.25) is 5.82 Å². The number of piperidine rings is 1. The number of ether oxygens (including phenoxy) is 2. The van der Waals surface area contributed by atoms with Gasteiger partial charge in [0.25, 0.3) is 11.8 Å². The number of rotatable bonds is 6. The summed E-state index contributed by atoms with van der Waals surface area (Å²) in [7, 11) is 2.33. The Hall–Kier alpha value is -4.60. The first-order chi connectivity index (χ1) is 18.9. The summed E-state index contributed by atoms with van der Waals surface area (Å²) in [6, 6.07) is 15.7. The second-order valence-corrected chi connectivity index (χ2v) is 9.17. The zero-order chi connectivity index (χ0) is 27.5. The van der Waals surface area contributed by atoms with Crippen LogP contribution in [0.2, 0.25) is 0 Å². The number of likely N-dealkylation sites (tertiary alicyclic amines) is 1. The number of hydrogen-bond acceptors (Lipinski definition) is 6. The second kappa shape index (κ2) is 11.0. The van der Waals surface area contributed by atoms with E-state index >= 15 is 0 Å². The van der Waals surface area contributed by atoms with Gasteiger partial charge in [-0.2, -0.15) is 4.39 Å². The Morgan fingerprint density at radius 2 is 1.64 bits per heavy atom. The van der Waals surface area contributed by atoms with Crippen LogP contribution in [0.25, 0.3) is 11.0 Å². The van der Waals surface area contributed by atoms with E-state index in [0.717, 1.165) is 37.1 Å². The third-order valence-corrected chi connectivity index (χ3v) is 6.89. The number of anilines is 1. The van der Waals surface area contributed by atoms with Crippen molar-refractivity contribution in [2.75, 3.05) is 32.6 Å². The van der Waals surface area contributed by atoms with E-state index in [9.17, 15) is 18.4 Å². The van der Waals surface area contributed by atoms with Gasteiger partial charge in [0.15, 0.2) is 17.3 Å². The average molecular weight is 533 g/mol. The Labute approximate surface area is 223 Å². The molecule has 3 aromatic carbocycles. The quantitative estimate of drug-likeness (QED) is 0.367. The third kappa shape index (κ3) is 5.22. The number of amides is 2. The minimum atomic E-state index is -1.11. The highest BCUT2D eigenvalue weighted by molar-refractivity contribution is 6.05. The summed E-state index contributed by atoms with van der Waals surface area (Å²) >= 11 is 0. The number of benzene rings is 3. The SMILES string of the molecule is COc1cc(C(=O)Nc2ccc(C3CCN(C(=O)c4cnc5ccccc5n4)CC3)cc2)c(F)c(OC)c1F. The van der Waals surface area contributed by atoms with Crippen LogP contribution in [0, 0.1) is 11.6 Å². The minimum Gasteiger partial charge on any atom is -0.494 e. The van der Waals surface area contributed by atoms with Gasteiger partial charge in [-0.05, 0) is 54.7 Å². The smallest absolute Gasteiger partial charge is 0.274 e. The van der Waals surface area contributed by atoms with Crippen molar-refractivity contribution in [1.29, 1.82) is 0 Å². The molecular weight excluding hydrogens is 506 g/mol. The summed E-state index contributed by atoms with van der Waals surface area (Å²) in [6.07, 6.45) is 3.07. The van der Waals surface area contributed by atoms with E-state index in [4.69, 9.17) is 9.47 Å². The Balaban J connectivity index is 1.21. The van der Waals surface area contributed by atoms with E-state index in [-0.39, 0.29) is 17.6 Å². The van der Waals surface area contributed by atoms with E-state index < -0.39 is 28.9 Å². The van der Waals surface area contributed by atoms with E-state index in [1.54, 1.807) is 17.0 Å². The monoisotopic (exact) mass is 532 g/mol. The maximum absolute atomic E-state index is 14.7. The zero-order valence-corrected chi connectivity index (χ0v) is 21.4. The normalized spacial score (nSPS) is 13.8. The fourth-order valence-corrected chi connectivity index (χ4v) is 4.76. The Morgan fingerprint density at radius 3 is 2.31 bits per heavy atom. The number of halogens is 2. The molecule has 5 rings (SSSR count). The molecule has 8 nitrogen and oxygen atoms in total. The molecule has 1 aliphatic heterocycles. The van der Waals surface area contributed by atoms with E-state index in [1.807, 2.05) is 36.4 Å². The molecule has 1 fully saturated rings. The molecule has 1 N–H and O–H groups in total. The fraction of sp³-hybridized carbons (Fsp3) is 0.241. The van der Waals surface area contributed by atoms with Crippen LogP contribution in [-0.4, -0.2) is 54.0 Å². The molecule has 0 saturated carbocycles. The summed E-state index contributed by atoms with van der Waals surface area (Å²) in [6.45, 7) is 1.17. The van der Waals surface area contributed by atoms with Gasteiger partial charge in [0.1, 0.15) is 5.69 Å². The van der Waals surface area contributed by atoms with Gasteiger partial charge in [-0.3, -0.25) is 14.6 Å². The van der Waals surface area contributed by atoms with Crippen LogP contribution in [-0.2, 0) is 0 Å². The van der Waals surface area contributed by atoms with Crippen LogP contribution >= 0.6 is 0 Å². The molecule has 10 heteroatoms. The molecule has 0 aliphatic carbocycles. The van der Waals surface area contributed by atoms with Gasteiger partial charge in [0.05, 0.1) is 37.0 Å². The first-order valence-corrected chi connectivity index (χ1v) is 12.4. The highest BCUT2D eigenvalue weighted by atomic mass is 19.1. The molecule has 1 saturated heterocycles. The Morgan fingerprint density at radius 1 is 0.949 bits per heavy atom. The summed E-state index contributed by atoms with van der Waals surface area (Å²) in [5.41, 5.74) is 2.89. The second-order valence-electron chi connectivity index (χ2n) is 9.17. The van der Waals surface area contributed by atoms with Crippen molar-refractivity contribution < 1.29 is 27.8 Å². The number of para-hydroxylation sites is 2. The molecule has 200 valence electrons. The minimum absolute atomic E-state index is 0.133. The van der Waals surface area contributed by atoms with E-state index in [2.05, 4.69) is 15.3 Å². The lowest BCUT2D eigenvalue weighted by atomic mass is 9.89. The van der Waals surface area contributed by atoms with Gasteiger partial charge in [0, 0.05) is 18.8 Å². The predicted octanol–water partition coefficient (Wildman–Crippen LogP) is 5.20. The molecule has 0 spiro atoms. The number of carbonyl (C=O) groups is 2. The van der Waals surface area contributed by atoms with Crippen molar-refractivity contribution in [3.8, 4) is 11.5 Å². The molecule has 0 bridgehead atoms. The van der Waals surface area contributed by atoms with Crippen molar-refractivity contribution in [2.24, 2.45) is 0 Å². The van der Waals surface area contributed by atoms with Crippen molar-refractivity contribution in [3.05, 3.63) is 89.2 Å². The van der Waals surface area contributed by atoms with E-state index in [1.165, 1.54) is 13.3 Å². The van der Waals surface area contributed by atoms with Gasteiger partial charge in [-0.25, -0.2) is 9.37 Å². The fourth-order valence-electron chi connectivity index (χ4n) is 4.76. The topological polar surface area (TPSA) is 93.7 Å². The van der Waals surface area contributed by atoms with E-state index in [0.29, 0.717) is 30.0 Å².